The number of rotatable bonds is 7. The fourth-order valence-electron chi connectivity index (χ4n) is 4.11. The fourth-order valence-corrected chi connectivity index (χ4v) is 4.11. The summed E-state index contributed by atoms with van der Waals surface area (Å²) in [6.07, 6.45) is 2.27. The maximum atomic E-state index is 12.5. The van der Waals surface area contributed by atoms with Gasteiger partial charge in [-0.15, -0.1) is 0 Å². The Bertz CT molecular complexity index is 1370. The molecule has 0 bridgehead atoms. The molecule has 168 valence electrons. The second-order valence-electron chi connectivity index (χ2n) is 8.19. The number of benzene rings is 2. The second kappa shape index (κ2) is 8.54. The lowest BCUT2D eigenvalue weighted by Crippen LogP contribution is -2.23. The van der Waals surface area contributed by atoms with E-state index in [2.05, 4.69) is 21.5 Å². The third-order valence-electron chi connectivity index (χ3n) is 5.98. The molecule has 2 heterocycles. The summed E-state index contributed by atoms with van der Waals surface area (Å²) in [5.74, 6) is 1.81. The number of nitrogens with zero attached hydrogens (tertiary/aromatic N) is 5. The van der Waals surface area contributed by atoms with E-state index in [1.807, 2.05) is 55.5 Å². The van der Waals surface area contributed by atoms with Crippen molar-refractivity contribution in [2.45, 2.75) is 32.3 Å². The summed E-state index contributed by atoms with van der Waals surface area (Å²) < 4.78 is 14.2. The van der Waals surface area contributed by atoms with Gasteiger partial charge in [-0.05, 0) is 59.9 Å². The van der Waals surface area contributed by atoms with E-state index in [9.17, 15) is 4.79 Å². The van der Waals surface area contributed by atoms with Crippen LogP contribution in [0.25, 0.3) is 16.8 Å². The Morgan fingerprint density at radius 2 is 1.82 bits per heavy atom. The van der Waals surface area contributed by atoms with Gasteiger partial charge in [0.1, 0.15) is 12.4 Å². The quantitative estimate of drug-likeness (QED) is 0.432. The van der Waals surface area contributed by atoms with Crippen LogP contribution in [0.1, 0.15) is 35.6 Å². The van der Waals surface area contributed by atoms with Crippen molar-refractivity contribution in [3.05, 3.63) is 81.9 Å². The molecule has 0 unspecified atom stereocenters. The molecule has 8 nitrogen and oxygen atoms in total. The first kappa shape index (κ1) is 20.9. The lowest BCUT2D eigenvalue weighted by Gasteiger charge is -2.15. The number of ether oxygens (including phenoxy) is 2. The van der Waals surface area contributed by atoms with Crippen LogP contribution >= 0.6 is 0 Å². The highest BCUT2D eigenvalue weighted by Gasteiger charge is 2.28. The molecule has 0 radical (unpaired) electrons. The highest BCUT2D eigenvalue weighted by atomic mass is 16.5. The minimum atomic E-state index is -0.292. The highest BCUT2D eigenvalue weighted by Crippen LogP contribution is 2.43. The first-order valence-corrected chi connectivity index (χ1v) is 10.9. The van der Waals surface area contributed by atoms with Crippen LogP contribution < -0.4 is 15.2 Å². The smallest absolute Gasteiger partial charge is 0.368 e. The minimum Gasteiger partial charge on any atom is -0.496 e. The van der Waals surface area contributed by atoms with Gasteiger partial charge >= 0.3 is 5.69 Å². The van der Waals surface area contributed by atoms with Gasteiger partial charge in [0, 0.05) is 35.5 Å². The monoisotopic (exact) mass is 443 g/mol. The first-order valence-electron chi connectivity index (χ1n) is 10.9. The SMILES string of the molecule is COc1ccccc1-c1ccc(OCc2c(C3CC3)cccc2-n2nnn(C)c2=O)nc1C. The molecule has 1 fully saturated rings. The topological polar surface area (TPSA) is 84.1 Å². The van der Waals surface area contributed by atoms with Crippen molar-refractivity contribution in [2.75, 3.05) is 7.11 Å². The molecule has 2 aromatic carbocycles. The average molecular weight is 444 g/mol. The van der Waals surface area contributed by atoms with Gasteiger partial charge in [0.05, 0.1) is 12.8 Å². The van der Waals surface area contributed by atoms with E-state index >= 15 is 0 Å². The van der Waals surface area contributed by atoms with Gasteiger partial charge in [0.15, 0.2) is 0 Å². The Balaban J connectivity index is 1.46. The van der Waals surface area contributed by atoms with E-state index in [4.69, 9.17) is 9.47 Å². The van der Waals surface area contributed by atoms with Gasteiger partial charge in [-0.3, -0.25) is 0 Å². The maximum absolute atomic E-state index is 12.5. The predicted molar refractivity (Wildman–Crippen MR) is 124 cm³/mol. The van der Waals surface area contributed by atoms with Crippen LogP contribution in [-0.2, 0) is 13.7 Å². The number of hydrogen-bond donors (Lipinski definition) is 0. The van der Waals surface area contributed by atoms with Crippen molar-refractivity contribution in [3.63, 3.8) is 0 Å². The molecule has 0 amide bonds. The molecule has 0 spiro atoms. The van der Waals surface area contributed by atoms with Gasteiger partial charge in [-0.1, -0.05) is 30.3 Å². The molecule has 5 rings (SSSR count). The first-order chi connectivity index (χ1) is 16.1. The zero-order valence-corrected chi connectivity index (χ0v) is 18.9. The fraction of sp³-hybridized carbons (Fsp3) is 0.280. The summed E-state index contributed by atoms with van der Waals surface area (Å²) in [4.78, 5) is 17.2. The van der Waals surface area contributed by atoms with Crippen molar-refractivity contribution in [3.8, 4) is 28.4 Å². The van der Waals surface area contributed by atoms with Crippen LogP contribution in [0.4, 0.5) is 0 Å². The Morgan fingerprint density at radius 3 is 2.52 bits per heavy atom. The van der Waals surface area contributed by atoms with E-state index in [-0.39, 0.29) is 12.3 Å². The molecule has 33 heavy (non-hydrogen) atoms. The molecule has 0 atom stereocenters. The Kier molecular flexibility index (Phi) is 5.42. The standard InChI is InChI=1S/C25H25N5O3/c1-16-18(20-7-4-5-10-23(20)32-3)13-14-24(26-16)33-15-21-19(17-11-12-17)8-6-9-22(21)30-25(31)29(2)27-28-30/h4-10,13-14,17H,11-12,15H2,1-3H3. The van der Waals surface area contributed by atoms with Crippen molar-refractivity contribution < 1.29 is 9.47 Å². The van der Waals surface area contributed by atoms with E-state index < -0.39 is 0 Å². The molecule has 4 aromatic rings. The number of aryl methyl sites for hydroxylation is 2. The van der Waals surface area contributed by atoms with Crippen LogP contribution in [0.5, 0.6) is 11.6 Å². The zero-order chi connectivity index (χ0) is 22.9. The number of aromatic nitrogens is 5. The highest BCUT2D eigenvalue weighted by molar-refractivity contribution is 5.72. The maximum Gasteiger partial charge on any atom is 0.368 e. The van der Waals surface area contributed by atoms with E-state index in [1.165, 1.54) is 14.9 Å². The van der Waals surface area contributed by atoms with Crippen LogP contribution in [0, 0.1) is 6.92 Å². The van der Waals surface area contributed by atoms with Gasteiger partial charge in [-0.25, -0.2) is 9.78 Å². The van der Waals surface area contributed by atoms with Crippen LogP contribution in [-0.4, -0.2) is 31.9 Å². The van der Waals surface area contributed by atoms with Crippen LogP contribution in [0.2, 0.25) is 0 Å². The van der Waals surface area contributed by atoms with Crippen molar-refractivity contribution in [2.24, 2.45) is 7.05 Å². The average Bonchev–Trinajstić information content (AvgIpc) is 3.63. The van der Waals surface area contributed by atoms with Crippen LogP contribution in [0.15, 0.2) is 59.4 Å². The number of hydrogen-bond acceptors (Lipinski definition) is 6. The molecule has 1 aliphatic rings. The lowest BCUT2D eigenvalue weighted by atomic mass is 10.0. The summed E-state index contributed by atoms with van der Waals surface area (Å²) in [7, 11) is 3.25. The Hall–Kier alpha value is -3.94. The lowest BCUT2D eigenvalue weighted by molar-refractivity contribution is 0.291. The van der Waals surface area contributed by atoms with E-state index in [0.717, 1.165) is 41.0 Å². The van der Waals surface area contributed by atoms with Gasteiger partial charge in [0.25, 0.3) is 0 Å². The Morgan fingerprint density at radius 1 is 1.00 bits per heavy atom. The van der Waals surface area contributed by atoms with E-state index in [1.54, 1.807) is 14.2 Å². The number of para-hydroxylation sites is 1. The normalized spacial score (nSPS) is 13.2. The third kappa shape index (κ3) is 4.00. The molecule has 8 heteroatoms. The summed E-state index contributed by atoms with van der Waals surface area (Å²) in [6.45, 7) is 2.24. The van der Waals surface area contributed by atoms with Crippen molar-refractivity contribution in [1.82, 2.24) is 24.8 Å². The molecule has 0 aliphatic heterocycles. The van der Waals surface area contributed by atoms with Crippen molar-refractivity contribution >= 4 is 0 Å². The summed E-state index contributed by atoms with van der Waals surface area (Å²) in [6, 6.07) is 17.7. The van der Waals surface area contributed by atoms with Gasteiger partial charge in [-0.2, -0.15) is 9.36 Å². The van der Waals surface area contributed by atoms with Gasteiger partial charge < -0.3 is 9.47 Å². The zero-order valence-electron chi connectivity index (χ0n) is 18.9. The van der Waals surface area contributed by atoms with Crippen LogP contribution in [0.3, 0.4) is 0 Å². The number of tetrazole rings is 1. The predicted octanol–water partition coefficient (Wildman–Crippen LogP) is 3.80. The Labute approximate surface area is 191 Å². The largest absolute Gasteiger partial charge is 0.496 e. The summed E-state index contributed by atoms with van der Waals surface area (Å²) in [5, 5.41) is 7.89. The summed E-state index contributed by atoms with van der Waals surface area (Å²) in [5.41, 5.74) is 5.35. The van der Waals surface area contributed by atoms with Crippen molar-refractivity contribution in [1.29, 1.82) is 0 Å². The molecular formula is C25H25N5O3. The number of methoxy groups -OCH3 is 1. The van der Waals surface area contributed by atoms with E-state index in [0.29, 0.717) is 17.5 Å². The third-order valence-corrected chi connectivity index (χ3v) is 5.98. The molecule has 0 N–H and O–H groups in total. The molecule has 0 saturated heterocycles. The molecule has 2 aromatic heterocycles. The van der Waals surface area contributed by atoms with Gasteiger partial charge in [0.2, 0.25) is 5.88 Å². The molecular weight excluding hydrogens is 418 g/mol. The molecule has 1 aliphatic carbocycles. The minimum absolute atomic E-state index is 0.283. The number of pyridine rings is 1. The molecule has 1 saturated carbocycles. The second-order valence-corrected chi connectivity index (χ2v) is 8.19. The summed E-state index contributed by atoms with van der Waals surface area (Å²) >= 11 is 0.